The quantitative estimate of drug-likeness (QED) is 0.862. The number of pyridine rings is 1. The molecule has 0 amide bonds. The van der Waals surface area contributed by atoms with Gasteiger partial charge in [-0.05, 0) is 19.9 Å². The van der Waals surface area contributed by atoms with Gasteiger partial charge < -0.3 is 10.4 Å². The molecule has 0 saturated carbocycles. The number of sulfone groups is 1. The summed E-state index contributed by atoms with van der Waals surface area (Å²) in [6, 6.07) is 1.19. The van der Waals surface area contributed by atoms with E-state index in [0.717, 1.165) is 5.41 Å². The molecule has 0 bridgehead atoms. The lowest BCUT2D eigenvalue weighted by atomic mass is 10.1. The van der Waals surface area contributed by atoms with Crippen LogP contribution in [0.2, 0.25) is 0 Å². The number of anilines is 1. The Kier molecular flexibility index (Phi) is 3.32. The van der Waals surface area contributed by atoms with Crippen molar-refractivity contribution in [3.8, 4) is 0 Å². The Hall–Kier alpha value is -1.89. The lowest BCUT2D eigenvalue weighted by molar-refractivity contribution is 0.0696. The number of nitrogens with one attached hydrogen (secondary N) is 1. The first kappa shape index (κ1) is 13.5. The highest BCUT2D eigenvalue weighted by Crippen LogP contribution is 2.22. The highest BCUT2D eigenvalue weighted by molar-refractivity contribution is 7.94. The van der Waals surface area contributed by atoms with E-state index in [4.69, 9.17) is 0 Å². The SMILES string of the molecule is Cc1cc(NC2C=CS(=O)(=O)C2)c(C(=O)O)c(C)n1. The predicted molar refractivity (Wildman–Crippen MR) is 71.0 cm³/mol. The van der Waals surface area contributed by atoms with Gasteiger partial charge in [-0.25, -0.2) is 13.2 Å². The molecular formula is C12H14N2O4S. The molecule has 0 fully saturated rings. The maximum Gasteiger partial charge on any atom is 0.339 e. The number of rotatable bonds is 3. The molecule has 1 aliphatic heterocycles. The van der Waals surface area contributed by atoms with E-state index in [1.165, 1.54) is 6.08 Å². The van der Waals surface area contributed by atoms with Crippen molar-refractivity contribution in [3.63, 3.8) is 0 Å². The molecule has 2 N–H and O–H groups in total. The zero-order valence-corrected chi connectivity index (χ0v) is 11.4. The van der Waals surface area contributed by atoms with Crippen molar-refractivity contribution >= 4 is 21.5 Å². The van der Waals surface area contributed by atoms with E-state index in [9.17, 15) is 18.3 Å². The van der Waals surface area contributed by atoms with E-state index in [1.807, 2.05) is 0 Å². The van der Waals surface area contributed by atoms with E-state index in [1.54, 1.807) is 19.9 Å². The van der Waals surface area contributed by atoms with Crippen molar-refractivity contribution in [1.82, 2.24) is 4.98 Å². The molecule has 1 unspecified atom stereocenters. The highest BCUT2D eigenvalue weighted by Gasteiger charge is 2.24. The number of aromatic carboxylic acids is 1. The number of carboxylic acids is 1. The summed E-state index contributed by atoms with van der Waals surface area (Å²) >= 11 is 0. The van der Waals surface area contributed by atoms with Crippen LogP contribution < -0.4 is 5.32 Å². The average molecular weight is 282 g/mol. The molecule has 102 valence electrons. The summed E-state index contributed by atoms with van der Waals surface area (Å²) in [5, 5.41) is 13.3. The summed E-state index contributed by atoms with van der Waals surface area (Å²) < 4.78 is 22.7. The van der Waals surface area contributed by atoms with E-state index in [0.29, 0.717) is 17.1 Å². The minimum atomic E-state index is -3.18. The smallest absolute Gasteiger partial charge is 0.339 e. The molecular weight excluding hydrogens is 268 g/mol. The Balaban J connectivity index is 2.35. The summed E-state index contributed by atoms with van der Waals surface area (Å²) in [7, 11) is -3.18. The van der Waals surface area contributed by atoms with Crippen molar-refractivity contribution in [2.45, 2.75) is 19.9 Å². The molecule has 19 heavy (non-hydrogen) atoms. The molecule has 0 aromatic carbocycles. The molecule has 2 rings (SSSR count). The number of carboxylic acid groups (broad SMARTS) is 1. The van der Waals surface area contributed by atoms with Gasteiger partial charge in [0.25, 0.3) is 0 Å². The van der Waals surface area contributed by atoms with Crippen LogP contribution in [-0.4, -0.2) is 36.3 Å². The molecule has 1 aromatic rings. The molecule has 6 nitrogen and oxygen atoms in total. The van der Waals surface area contributed by atoms with Crippen molar-refractivity contribution in [2.75, 3.05) is 11.1 Å². The molecule has 0 saturated heterocycles. The van der Waals surface area contributed by atoms with Crippen LogP contribution in [0.1, 0.15) is 21.7 Å². The predicted octanol–water partition coefficient (Wildman–Crippen LogP) is 1.12. The Morgan fingerprint density at radius 3 is 2.68 bits per heavy atom. The maximum atomic E-state index is 11.3. The average Bonchev–Trinajstić information content (AvgIpc) is 2.56. The minimum Gasteiger partial charge on any atom is -0.478 e. The third-order valence-corrected chi connectivity index (χ3v) is 4.21. The largest absolute Gasteiger partial charge is 0.478 e. The van der Waals surface area contributed by atoms with E-state index < -0.39 is 21.8 Å². The summed E-state index contributed by atoms with van der Waals surface area (Å²) in [6.45, 7) is 3.37. The fourth-order valence-corrected chi connectivity index (χ4v) is 3.31. The van der Waals surface area contributed by atoms with Crippen LogP contribution in [0.5, 0.6) is 0 Å². The zero-order chi connectivity index (χ0) is 14.2. The van der Waals surface area contributed by atoms with E-state index >= 15 is 0 Å². The van der Waals surface area contributed by atoms with Gasteiger partial charge in [0.05, 0.1) is 23.2 Å². The van der Waals surface area contributed by atoms with Crippen molar-refractivity contribution in [1.29, 1.82) is 0 Å². The second kappa shape index (κ2) is 4.65. The Bertz CT molecular complexity index is 665. The summed E-state index contributed by atoms with van der Waals surface area (Å²) in [4.78, 5) is 15.3. The topological polar surface area (TPSA) is 96.4 Å². The van der Waals surface area contributed by atoms with Gasteiger partial charge in [0.1, 0.15) is 5.56 Å². The lowest BCUT2D eigenvalue weighted by Gasteiger charge is -2.15. The maximum absolute atomic E-state index is 11.3. The zero-order valence-electron chi connectivity index (χ0n) is 10.5. The number of nitrogens with zero attached hydrogens (tertiary/aromatic N) is 1. The molecule has 0 spiro atoms. The van der Waals surface area contributed by atoms with Crippen molar-refractivity contribution in [2.24, 2.45) is 0 Å². The number of carbonyl (C=O) groups is 1. The number of hydrogen-bond donors (Lipinski definition) is 2. The summed E-state index contributed by atoms with van der Waals surface area (Å²) in [5.74, 6) is -1.15. The molecule has 1 aliphatic rings. The van der Waals surface area contributed by atoms with Crippen LogP contribution in [0.15, 0.2) is 17.6 Å². The second-order valence-electron chi connectivity index (χ2n) is 4.49. The van der Waals surface area contributed by atoms with Gasteiger partial charge in [-0.2, -0.15) is 0 Å². The minimum absolute atomic E-state index is 0.0630. The Morgan fingerprint density at radius 1 is 1.47 bits per heavy atom. The normalized spacial score (nSPS) is 20.4. The van der Waals surface area contributed by atoms with Gasteiger partial charge in [0, 0.05) is 11.1 Å². The molecule has 1 aromatic heterocycles. The number of hydrogen-bond acceptors (Lipinski definition) is 5. The van der Waals surface area contributed by atoms with Crippen LogP contribution in [0.25, 0.3) is 0 Å². The standard InChI is InChI=1S/C12H14N2O4S/c1-7-5-10(11(12(15)16)8(2)13-7)14-9-3-4-19(17,18)6-9/h3-5,9H,6H2,1-2H3,(H,13,14)(H,15,16). The first-order valence-corrected chi connectivity index (χ1v) is 7.39. The van der Waals surface area contributed by atoms with Gasteiger partial charge in [0.15, 0.2) is 9.84 Å². The third-order valence-electron chi connectivity index (χ3n) is 2.81. The van der Waals surface area contributed by atoms with Crippen molar-refractivity contribution in [3.05, 3.63) is 34.5 Å². The molecule has 0 radical (unpaired) electrons. The lowest BCUT2D eigenvalue weighted by Crippen LogP contribution is -2.23. The van der Waals surface area contributed by atoms with E-state index in [2.05, 4.69) is 10.3 Å². The summed E-state index contributed by atoms with van der Waals surface area (Å²) in [6.07, 6.45) is 1.52. The second-order valence-corrected chi connectivity index (χ2v) is 6.42. The molecule has 1 atom stereocenters. The first-order chi connectivity index (χ1) is 8.78. The van der Waals surface area contributed by atoms with Gasteiger partial charge in [-0.15, -0.1) is 0 Å². The molecule has 0 aliphatic carbocycles. The fraction of sp³-hybridized carbons (Fsp3) is 0.333. The van der Waals surface area contributed by atoms with Gasteiger partial charge >= 0.3 is 5.97 Å². The highest BCUT2D eigenvalue weighted by atomic mass is 32.2. The number of aryl methyl sites for hydroxylation is 2. The first-order valence-electron chi connectivity index (χ1n) is 5.67. The van der Waals surface area contributed by atoms with Gasteiger partial charge in [0.2, 0.25) is 0 Å². The van der Waals surface area contributed by atoms with Crippen LogP contribution in [0.4, 0.5) is 5.69 Å². The van der Waals surface area contributed by atoms with Gasteiger partial charge in [-0.1, -0.05) is 6.08 Å². The Morgan fingerprint density at radius 2 is 2.16 bits per heavy atom. The van der Waals surface area contributed by atoms with Gasteiger partial charge in [-0.3, -0.25) is 4.98 Å². The van der Waals surface area contributed by atoms with Crippen LogP contribution in [0.3, 0.4) is 0 Å². The fourth-order valence-electron chi connectivity index (χ4n) is 2.08. The van der Waals surface area contributed by atoms with Crippen LogP contribution >= 0.6 is 0 Å². The van der Waals surface area contributed by atoms with E-state index in [-0.39, 0.29) is 11.3 Å². The van der Waals surface area contributed by atoms with Crippen LogP contribution in [-0.2, 0) is 9.84 Å². The molecule has 2 heterocycles. The summed E-state index contributed by atoms with van der Waals surface area (Å²) in [5.41, 5.74) is 1.54. The molecule has 7 heteroatoms. The number of aromatic nitrogens is 1. The van der Waals surface area contributed by atoms with Crippen molar-refractivity contribution < 1.29 is 18.3 Å². The van der Waals surface area contributed by atoms with Crippen LogP contribution in [0, 0.1) is 13.8 Å². The third kappa shape index (κ3) is 2.93. The Labute approximate surface area is 111 Å². The monoisotopic (exact) mass is 282 g/mol.